The van der Waals surface area contributed by atoms with Crippen LogP contribution in [-0.2, 0) is 9.84 Å². The van der Waals surface area contributed by atoms with Crippen LogP contribution in [0.4, 0.5) is 0 Å². The highest BCUT2D eigenvalue weighted by Gasteiger charge is 2.33. The van der Waals surface area contributed by atoms with Gasteiger partial charge in [0.05, 0.1) is 24.2 Å². The number of nitrogens with zero attached hydrogens (tertiary/aromatic N) is 1. The summed E-state index contributed by atoms with van der Waals surface area (Å²) in [6, 6.07) is -0.240. The fourth-order valence-electron chi connectivity index (χ4n) is 1.69. The van der Waals surface area contributed by atoms with Crippen LogP contribution in [0.5, 0.6) is 0 Å². The van der Waals surface area contributed by atoms with Gasteiger partial charge in [0.2, 0.25) is 0 Å². The zero-order valence-electron chi connectivity index (χ0n) is 8.61. The largest absolute Gasteiger partial charge is 0.394 e. The standard InChI is InChI=1S/C8H15NO4S3/c10-4-7(11)3-9(8(14)15)6-1-2-16(12,13)5-6/h6-7,10-11H,1-5H2,(H,14,15). The Morgan fingerprint density at radius 2 is 2.25 bits per heavy atom. The van der Waals surface area contributed by atoms with Gasteiger partial charge in [0, 0.05) is 12.6 Å². The Bertz CT molecular complexity index is 356. The molecule has 2 unspecified atom stereocenters. The molecule has 16 heavy (non-hydrogen) atoms. The fourth-order valence-corrected chi connectivity index (χ4v) is 3.89. The zero-order valence-corrected chi connectivity index (χ0v) is 11.1. The molecule has 0 aromatic carbocycles. The third-order valence-electron chi connectivity index (χ3n) is 2.51. The molecule has 94 valence electrons. The molecule has 0 radical (unpaired) electrons. The number of hydrogen-bond donors (Lipinski definition) is 3. The summed E-state index contributed by atoms with van der Waals surface area (Å²) < 4.78 is 22.9. The minimum Gasteiger partial charge on any atom is -0.394 e. The van der Waals surface area contributed by atoms with Crippen molar-refractivity contribution >= 4 is 39.0 Å². The fraction of sp³-hybridized carbons (Fsp3) is 0.875. The van der Waals surface area contributed by atoms with Crippen molar-refractivity contribution in [2.45, 2.75) is 18.6 Å². The summed E-state index contributed by atoms with van der Waals surface area (Å²) in [6.07, 6.45) is -0.449. The van der Waals surface area contributed by atoms with E-state index >= 15 is 0 Å². The molecule has 1 aliphatic heterocycles. The van der Waals surface area contributed by atoms with Crippen molar-refractivity contribution in [2.24, 2.45) is 0 Å². The van der Waals surface area contributed by atoms with Gasteiger partial charge in [-0.15, -0.1) is 12.6 Å². The van der Waals surface area contributed by atoms with Gasteiger partial charge in [-0.2, -0.15) is 0 Å². The minimum atomic E-state index is -3.00. The van der Waals surface area contributed by atoms with Crippen molar-refractivity contribution in [1.82, 2.24) is 4.90 Å². The lowest BCUT2D eigenvalue weighted by Gasteiger charge is -2.30. The predicted octanol–water partition coefficient (Wildman–Crippen LogP) is -0.957. The predicted molar refractivity (Wildman–Crippen MR) is 68.4 cm³/mol. The van der Waals surface area contributed by atoms with Crippen molar-refractivity contribution in [3.05, 3.63) is 0 Å². The maximum absolute atomic E-state index is 11.3. The monoisotopic (exact) mass is 285 g/mol. The number of hydrogen-bond acceptors (Lipinski definition) is 5. The van der Waals surface area contributed by atoms with Crippen LogP contribution in [0, 0.1) is 0 Å². The van der Waals surface area contributed by atoms with Crippen molar-refractivity contribution < 1.29 is 18.6 Å². The van der Waals surface area contributed by atoms with Gasteiger partial charge in [0.15, 0.2) is 9.84 Å². The van der Waals surface area contributed by atoms with Crippen LogP contribution >= 0.6 is 24.8 Å². The first-order chi connectivity index (χ1) is 7.35. The Balaban J connectivity index is 2.68. The molecule has 0 spiro atoms. The molecular formula is C8H15NO4S3. The van der Waals surface area contributed by atoms with Gasteiger partial charge in [-0.25, -0.2) is 8.42 Å². The topological polar surface area (TPSA) is 77.8 Å². The maximum Gasteiger partial charge on any atom is 0.152 e. The van der Waals surface area contributed by atoms with E-state index in [1.165, 1.54) is 0 Å². The number of thiocarbonyl (C=S) groups is 1. The molecule has 2 N–H and O–H groups in total. The molecule has 1 fully saturated rings. The Labute approximate surface area is 106 Å². The summed E-state index contributed by atoms with van der Waals surface area (Å²) in [5.74, 6) is 0.172. The molecular weight excluding hydrogens is 270 g/mol. The van der Waals surface area contributed by atoms with Crippen LogP contribution in [0.25, 0.3) is 0 Å². The first kappa shape index (κ1) is 14.2. The molecule has 1 heterocycles. The molecule has 1 rings (SSSR count). The SMILES string of the molecule is O=S1(=O)CCC(N(CC(O)CO)C(=S)S)C1. The van der Waals surface area contributed by atoms with E-state index in [-0.39, 0.29) is 35.0 Å². The van der Waals surface area contributed by atoms with E-state index in [1.807, 2.05) is 0 Å². The second kappa shape index (κ2) is 5.63. The molecule has 5 nitrogen and oxygen atoms in total. The van der Waals surface area contributed by atoms with Gasteiger partial charge in [0.1, 0.15) is 4.32 Å². The second-order valence-electron chi connectivity index (χ2n) is 3.83. The zero-order chi connectivity index (χ0) is 12.3. The number of rotatable bonds is 4. The van der Waals surface area contributed by atoms with Crippen molar-refractivity contribution in [2.75, 3.05) is 24.7 Å². The van der Waals surface area contributed by atoms with Crippen LogP contribution in [0.1, 0.15) is 6.42 Å². The second-order valence-corrected chi connectivity index (χ2v) is 7.17. The summed E-state index contributed by atoms with van der Waals surface area (Å²) in [6.45, 7) is -0.272. The van der Waals surface area contributed by atoms with Gasteiger partial charge in [-0.1, -0.05) is 12.2 Å². The lowest BCUT2D eigenvalue weighted by Crippen LogP contribution is -2.43. The molecule has 0 saturated carbocycles. The molecule has 0 aromatic rings. The lowest BCUT2D eigenvalue weighted by molar-refractivity contribution is 0.0713. The number of sulfone groups is 1. The Morgan fingerprint density at radius 3 is 2.62 bits per heavy atom. The van der Waals surface area contributed by atoms with Crippen LogP contribution in [0.3, 0.4) is 0 Å². The molecule has 0 aliphatic carbocycles. The Hall–Kier alpha value is 0.110. The molecule has 8 heteroatoms. The summed E-state index contributed by atoms with van der Waals surface area (Å²) in [5.41, 5.74) is 0. The van der Waals surface area contributed by atoms with E-state index < -0.39 is 15.9 Å². The first-order valence-corrected chi connectivity index (χ1v) is 7.52. The third-order valence-corrected chi connectivity index (χ3v) is 4.75. The summed E-state index contributed by atoms with van der Waals surface area (Å²) in [5, 5.41) is 18.1. The quantitative estimate of drug-likeness (QED) is 0.456. The average molecular weight is 285 g/mol. The first-order valence-electron chi connectivity index (χ1n) is 4.84. The molecule has 1 aliphatic rings. The van der Waals surface area contributed by atoms with Crippen molar-refractivity contribution in [3.8, 4) is 0 Å². The Morgan fingerprint density at radius 1 is 1.62 bits per heavy atom. The van der Waals surface area contributed by atoms with Crippen LogP contribution in [0.15, 0.2) is 0 Å². The van der Waals surface area contributed by atoms with E-state index in [9.17, 15) is 13.5 Å². The third kappa shape index (κ3) is 3.85. The average Bonchev–Trinajstić information content (AvgIpc) is 2.54. The lowest BCUT2D eigenvalue weighted by atomic mass is 10.2. The van der Waals surface area contributed by atoms with Gasteiger partial charge < -0.3 is 15.1 Å². The van der Waals surface area contributed by atoms with Gasteiger partial charge in [0.25, 0.3) is 0 Å². The van der Waals surface area contributed by atoms with E-state index in [1.54, 1.807) is 4.90 Å². The van der Waals surface area contributed by atoms with Crippen molar-refractivity contribution in [3.63, 3.8) is 0 Å². The van der Waals surface area contributed by atoms with Crippen LogP contribution in [-0.4, -0.2) is 64.7 Å². The molecule has 2 atom stereocenters. The van der Waals surface area contributed by atoms with Gasteiger partial charge in [-0.05, 0) is 6.42 Å². The minimum absolute atomic E-state index is 0.0336. The van der Waals surface area contributed by atoms with Crippen LogP contribution < -0.4 is 0 Å². The van der Waals surface area contributed by atoms with E-state index in [0.29, 0.717) is 6.42 Å². The highest BCUT2D eigenvalue weighted by molar-refractivity contribution is 8.10. The van der Waals surface area contributed by atoms with Gasteiger partial charge in [-0.3, -0.25) is 0 Å². The molecule has 1 saturated heterocycles. The van der Waals surface area contributed by atoms with Crippen LogP contribution in [0.2, 0.25) is 0 Å². The van der Waals surface area contributed by atoms with Crippen molar-refractivity contribution in [1.29, 1.82) is 0 Å². The Kier molecular flexibility index (Phi) is 4.99. The molecule has 0 amide bonds. The number of thiol groups is 1. The highest BCUT2D eigenvalue weighted by atomic mass is 32.2. The highest BCUT2D eigenvalue weighted by Crippen LogP contribution is 2.19. The maximum atomic E-state index is 11.3. The van der Waals surface area contributed by atoms with Gasteiger partial charge >= 0.3 is 0 Å². The normalized spacial score (nSPS) is 25.3. The number of aliphatic hydroxyl groups excluding tert-OH is 2. The summed E-state index contributed by atoms with van der Waals surface area (Å²) in [4.78, 5) is 1.56. The van der Waals surface area contributed by atoms with E-state index in [2.05, 4.69) is 12.6 Å². The number of aliphatic hydroxyl groups is 2. The van der Waals surface area contributed by atoms with E-state index in [0.717, 1.165) is 0 Å². The smallest absolute Gasteiger partial charge is 0.152 e. The summed E-state index contributed by atoms with van der Waals surface area (Å²) >= 11 is 8.91. The van der Waals surface area contributed by atoms with E-state index in [4.69, 9.17) is 17.3 Å². The molecule has 0 bridgehead atoms. The molecule has 0 aromatic heterocycles. The summed E-state index contributed by atoms with van der Waals surface area (Å²) in [7, 11) is -3.00.